The lowest BCUT2D eigenvalue weighted by atomic mass is 9.99. The van der Waals surface area contributed by atoms with Crippen LogP contribution in [0.4, 0.5) is 0 Å². The van der Waals surface area contributed by atoms with Gasteiger partial charge in [0.2, 0.25) is 0 Å². The van der Waals surface area contributed by atoms with E-state index in [1.54, 1.807) is 0 Å². The average molecular weight is 271 g/mol. The molecule has 0 radical (unpaired) electrons. The van der Waals surface area contributed by atoms with Crippen LogP contribution in [-0.2, 0) is 13.5 Å². The maximum atomic E-state index is 4.46. The Kier molecular flexibility index (Phi) is 5.36. The molecule has 1 aromatic heterocycles. The molecule has 0 saturated carbocycles. The highest BCUT2D eigenvalue weighted by atomic mass is 15.3. The molecule has 1 N–H and O–H groups in total. The van der Waals surface area contributed by atoms with Gasteiger partial charge in [0.05, 0.1) is 5.69 Å². The molecule has 3 heteroatoms. The normalized spacial score (nSPS) is 12.6. The fraction of sp³-hybridized carbons (Fsp3) is 0.471. The minimum Gasteiger partial charge on any atom is -0.310 e. The van der Waals surface area contributed by atoms with Crippen molar-refractivity contribution >= 4 is 0 Å². The number of benzene rings is 1. The van der Waals surface area contributed by atoms with Crippen molar-refractivity contribution < 1.29 is 0 Å². The largest absolute Gasteiger partial charge is 0.310 e. The SMILES string of the molecule is CCNC(CCCc1ccccc1)c1cn(C)nc1C. The van der Waals surface area contributed by atoms with Crippen molar-refractivity contribution in [2.45, 2.75) is 39.2 Å². The molecule has 0 spiro atoms. The van der Waals surface area contributed by atoms with Gasteiger partial charge in [0.1, 0.15) is 0 Å². The Bertz CT molecular complexity index is 516. The number of rotatable bonds is 7. The highest BCUT2D eigenvalue weighted by Crippen LogP contribution is 2.22. The van der Waals surface area contributed by atoms with Crippen LogP contribution in [0.3, 0.4) is 0 Å². The Morgan fingerprint density at radius 3 is 2.60 bits per heavy atom. The van der Waals surface area contributed by atoms with Gasteiger partial charge in [0, 0.05) is 24.8 Å². The van der Waals surface area contributed by atoms with Crippen molar-refractivity contribution in [1.29, 1.82) is 0 Å². The summed E-state index contributed by atoms with van der Waals surface area (Å²) >= 11 is 0. The van der Waals surface area contributed by atoms with Crippen LogP contribution in [0, 0.1) is 6.92 Å². The minimum absolute atomic E-state index is 0.414. The number of nitrogens with zero attached hydrogens (tertiary/aromatic N) is 2. The van der Waals surface area contributed by atoms with E-state index in [2.05, 4.69) is 60.8 Å². The van der Waals surface area contributed by atoms with Crippen LogP contribution in [0.1, 0.15) is 42.6 Å². The molecule has 0 amide bonds. The second-order valence-electron chi connectivity index (χ2n) is 5.33. The first-order valence-electron chi connectivity index (χ1n) is 7.48. The molecule has 0 fully saturated rings. The predicted molar refractivity (Wildman–Crippen MR) is 83.7 cm³/mol. The molecule has 0 bridgehead atoms. The van der Waals surface area contributed by atoms with Gasteiger partial charge in [0.15, 0.2) is 0 Å². The third kappa shape index (κ3) is 3.94. The van der Waals surface area contributed by atoms with Crippen LogP contribution >= 0.6 is 0 Å². The molecule has 0 aliphatic rings. The standard InChI is InChI=1S/C17H25N3/c1-4-18-17(16-13-20(3)19-14(16)2)12-8-11-15-9-6-5-7-10-15/h5-7,9-10,13,17-18H,4,8,11-12H2,1-3H3. The number of aromatic nitrogens is 2. The molecular formula is C17H25N3. The number of hydrogen-bond acceptors (Lipinski definition) is 2. The van der Waals surface area contributed by atoms with Gasteiger partial charge in [-0.25, -0.2) is 0 Å². The fourth-order valence-corrected chi connectivity index (χ4v) is 2.73. The van der Waals surface area contributed by atoms with E-state index in [4.69, 9.17) is 0 Å². The van der Waals surface area contributed by atoms with Crippen molar-refractivity contribution in [2.75, 3.05) is 6.54 Å². The molecule has 1 unspecified atom stereocenters. The summed E-state index contributed by atoms with van der Waals surface area (Å²) in [6.07, 6.45) is 5.62. The van der Waals surface area contributed by atoms with Gasteiger partial charge < -0.3 is 5.32 Å². The van der Waals surface area contributed by atoms with Gasteiger partial charge in [-0.15, -0.1) is 0 Å². The lowest BCUT2D eigenvalue weighted by Gasteiger charge is -2.17. The van der Waals surface area contributed by atoms with Gasteiger partial charge in [-0.3, -0.25) is 4.68 Å². The van der Waals surface area contributed by atoms with Crippen LogP contribution < -0.4 is 5.32 Å². The van der Waals surface area contributed by atoms with E-state index in [0.717, 1.165) is 25.1 Å². The molecule has 2 rings (SSSR count). The van der Waals surface area contributed by atoms with Gasteiger partial charge in [-0.05, 0) is 38.3 Å². The number of aryl methyl sites for hydroxylation is 3. The van der Waals surface area contributed by atoms with E-state index in [1.165, 1.54) is 17.5 Å². The molecule has 2 aromatic rings. The second-order valence-corrected chi connectivity index (χ2v) is 5.33. The third-order valence-corrected chi connectivity index (χ3v) is 3.68. The Labute approximate surface area is 122 Å². The Morgan fingerprint density at radius 2 is 2.00 bits per heavy atom. The molecule has 0 saturated heterocycles. The lowest BCUT2D eigenvalue weighted by molar-refractivity contribution is 0.496. The molecule has 108 valence electrons. The predicted octanol–water partition coefficient (Wildman–Crippen LogP) is 3.40. The maximum absolute atomic E-state index is 4.46. The first-order valence-corrected chi connectivity index (χ1v) is 7.48. The summed E-state index contributed by atoms with van der Waals surface area (Å²) in [4.78, 5) is 0. The topological polar surface area (TPSA) is 29.9 Å². The van der Waals surface area contributed by atoms with Gasteiger partial charge in [-0.1, -0.05) is 37.3 Å². The van der Waals surface area contributed by atoms with Crippen molar-refractivity contribution in [2.24, 2.45) is 7.05 Å². The first kappa shape index (κ1) is 14.8. The summed E-state index contributed by atoms with van der Waals surface area (Å²) in [6, 6.07) is 11.1. The van der Waals surface area contributed by atoms with Crippen LogP contribution in [0.15, 0.2) is 36.5 Å². The summed E-state index contributed by atoms with van der Waals surface area (Å²) in [5.74, 6) is 0. The van der Waals surface area contributed by atoms with Crippen molar-refractivity contribution in [1.82, 2.24) is 15.1 Å². The van der Waals surface area contributed by atoms with E-state index < -0.39 is 0 Å². The molecule has 1 aromatic carbocycles. The van der Waals surface area contributed by atoms with Crippen LogP contribution in [0.25, 0.3) is 0 Å². The molecular weight excluding hydrogens is 246 g/mol. The van der Waals surface area contributed by atoms with E-state index in [9.17, 15) is 0 Å². The van der Waals surface area contributed by atoms with Crippen LogP contribution in [0.5, 0.6) is 0 Å². The quantitative estimate of drug-likeness (QED) is 0.836. The summed E-state index contributed by atoms with van der Waals surface area (Å²) in [5.41, 5.74) is 3.89. The summed E-state index contributed by atoms with van der Waals surface area (Å²) in [5, 5.41) is 8.04. The fourth-order valence-electron chi connectivity index (χ4n) is 2.73. The number of nitrogens with one attached hydrogen (secondary N) is 1. The second kappa shape index (κ2) is 7.25. The van der Waals surface area contributed by atoms with Crippen molar-refractivity contribution in [3.63, 3.8) is 0 Å². The third-order valence-electron chi connectivity index (χ3n) is 3.68. The zero-order chi connectivity index (χ0) is 14.4. The van der Waals surface area contributed by atoms with Gasteiger partial charge in [0.25, 0.3) is 0 Å². The van der Waals surface area contributed by atoms with E-state index in [0.29, 0.717) is 6.04 Å². The van der Waals surface area contributed by atoms with Crippen LogP contribution in [-0.4, -0.2) is 16.3 Å². The van der Waals surface area contributed by atoms with E-state index >= 15 is 0 Å². The molecule has 3 nitrogen and oxygen atoms in total. The van der Waals surface area contributed by atoms with Crippen molar-refractivity contribution in [3.05, 3.63) is 53.3 Å². The Morgan fingerprint density at radius 1 is 1.25 bits per heavy atom. The highest BCUT2D eigenvalue weighted by Gasteiger charge is 2.15. The zero-order valence-corrected chi connectivity index (χ0v) is 12.8. The molecule has 0 aliphatic carbocycles. The van der Waals surface area contributed by atoms with E-state index in [-0.39, 0.29) is 0 Å². The number of hydrogen-bond donors (Lipinski definition) is 1. The Hall–Kier alpha value is -1.61. The molecule has 1 atom stereocenters. The van der Waals surface area contributed by atoms with Crippen LogP contribution in [0.2, 0.25) is 0 Å². The van der Waals surface area contributed by atoms with Gasteiger partial charge in [-0.2, -0.15) is 5.10 Å². The van der Waals surface area contributed by atoms with E-state index in [1.807, 2.05) is 11.7 Å². The average Bonchev–Trinajstić information content (AvgIpc) is 2.78. The summed E-state index contributed by atoms with van der Waals surface area (Å²) in [7, 11) is 1.99. The zero-order valence-electron chi connectivity index (χ0n) is 12.8. The van der Waals surface area contributed by atoms with Crippen molar-refractivity contribution in [3.8, 4) is 0 Å². The maximum Gasteiger partial charge on any atom is 0.0641 e. The first-order chi connectivity index (χ1) is 9.70. The lowest BCUT2D eigenvalue weighted by Crippen LogP contribution is -2.21. The molecule has 1 heterocycles. The summed E-state index contributed by atoms with van der Waals surface area (Å²) < 4.78 is 1.91. The molecule has 20 heavy (non-hydrogen) atoms. The minimum atomic E-state index is 0.414. The monoisotopic (exact) mass is 271 g/mol. The summed E-state index contributed by atoms with van der Waals surface area (Å²) in [6.45, 7) is 5.25. The highest BCUT2D eigenvalue weighted by molar-refractivity contribution is 5.20. The van der Waals surface area contributed by atoms with Gasteiger partial charge >= 0.3 is 0 Å². The molecule has 0 aliphatic heterocycles. The Balaban J connectivity index is 1.94. The smallest absolute Gasteiger partial charge is 0.0641 e.